The average Bonchev–Trinajstić information content (AvgIpc) is 2.95. The number of fused-ring (bicyclic) bond motifs is 1. The molecule has 2 N–H and O–H groups in total. The van der Waals surface area contributed by atoms with Gasteiger partial charge < -0.3 is 10.4 Å². The molecule has 116 valence electrons. The van der Waals surface area contributed by atoms with Crippen LogP contribution in [-0.4, -0.2) is 25.8 Å². The van der Waals surface area contributed by atoms with Crippen molar-refractivity contribution in [3.05, 3.63) is 46.0 Å². The smallest absolute Gasteiger partial charge is 0.254 e. The number of hydrogen-bond donors (Lipinski definition) is 2. The monoisotopic (exact) mass is 340 g/mol. The van der Waals surface area contributed by atoms with Crippen LogP contribution in [0.3, 0.4) is 0 Å². The second-order valence-corrected chi connectivity index (χ2v) is 6.02. The summed E-state index contributed by atoms with van der Waals surface area (Å²) in [5.41, 5.74) is 0.354. The Labute approximate surface area is 137 Å². The number of amides is 1. The van der Waals surface area contributed by atoms with Gasteiger partial charge in [0, 0.05) is 16.6 Å². The lowest BCUT2D eigenvalue weighted by atomic mass is 10.1. The van der Waals surface area contributed by atoms with Crippen molar-refractivity contribution in [2.45, 2.75) is 31.5 Å². The number of aromatic nitrogens is 3. The van der Waals surface area contributed by atoms with Crippen molar-refractivity contribution in [3.63, 3.8) is 0 Å². The molecule has 2 heterocycles. The van der Waals surface area contributed by atoms with Crippen LogP contribution in [0.4, 0.5) is 0 Å². The lowest BCUT2D eigenvalue weighted by molar-refractivity contribution is -0.130. The average molecular weight is 341 g/mol. The first-order valence-corrected chi connectivity index (χ1v) is 7.62. The van der Waals surface area contributed by atoms with Crippen LogP contribution in [0.2, 0.25) is 10.0 Å². The maximum absolute atomic E-state index is 12.3. The number of rotatable bonds is 3. The molecule has 2 atom stereocenters. The molecule has 0 aliphatic carbocycles. The Balaban J connectivity index is 1.75. The van der Waals surface area contributed by atoms with Gasteiger partial charge in [0.1, 0.15) is 12.2 Å². The molecule has 1 aliphatic heterocycles. The number of carbonyl (C=O) groups excluding carboxylic acids is 1. The summed E-state index contributed by atoms with van der Waals surface area (Å²) in [4.78, 5) is 16.4. The van der Waals surface area contributed by atoms with Crippen LogP contribution in [0.1, 0.15) is 36.4 Å². The van der Waals surface area contributed by atoms with Crippen molar-refractivity contribution in [2.24, 2.45) is 0 Å². The highest BCUT2D eigenvalue weighted by atomic mass is 35.5. The van der Waals surface area contributed by atoms with E-state index < -0.39 is 12.0 Å². The van der Waals surface area contributed by atoms with Crippen LogP contribution in [0, 0.1) is 0 Å². The number of aryl methyl sites for hydroxylation is 1. The molecule has 22 heavy (non-hydrogen) atoms. The van der Waals surface area contributed by atoms with Crippen molar-refractivity contribution in [2.75, 3.05) is 0 Å². The fourth-order valence-electron chi connectivity index (χ4n) is 2.56. The SMILES string of the molecule is O=C(NC1CCCn2ncnc21)C(O)c1cc(Cl)cc(Cl)c1. The topological polar surface area (TPSA) is 80.0 Å². The van der Waals surface area contributed by atoms with Gasteiger partial charge in [-0.25, -0.2) is 9.67 Å². The number of aliphatic hydroxyl groups excluding tert-OH is 1. The van der Waals surface area contributed by atoms with Crippen LogP contribution in [-0.2, 0) is 11.3 Å². The van der Waals surface area contributed by atoms with Gasteiger partial charge in [0.15, 0.2) is 6.10 Å². The first kappa shape index (κ1) is 15.3. The van der Waals surface area contributed by atoms with E-state index in [9.17, 15) is 9.90 Å². The number of nitrogens with zero attached hydrogens (tertiary/aromatic N) is 3. The summed E-state index contributed by atoms with van der Waals surface area (Å²) in [6, 6.07) is 4.32. The van der Waals surface area contributed by atoms with Gasteiger partial charge in [-0.1, -0.05) is 23.2 Å². The number of nitrogens with one attached hydrogen (secondary N) is 1. The molecule has 6 nitrogen and oxygen atoms in total. The molecule has 8 heteroatoms. The van der Waals surface area contributed by atoms with E-state index in [1.165, 1.54) is 18.5 Å². The minimum Gasteiger partial charge on any atom is -0.378 e. The molecule has 2 aromatic rings. The van der Waals surface area contributed by atoms with Crippen molar-refractivity contribution >= 4 is 29.1 Å². The molecule has 0 bridgehead atoms. The second-order valence-electron chi connectivity index (χ2n) is 5.15. The largest absolute Gasteiger partial charge is 0.378 e. The third-order valence-electron chi connectivity index (χ3n) is 3.59. The fraction of sp³-hybridized carbons (Fsp3) is 0.357. The Bertz CT molecular complexity index is 684. The zero-order valence-electron chi connectivity index (χ0n) is 11.5. The highest BCUT2D eigenvalue weighted by molar-refractivity contribution is 6.34. The van der Waals surface area contributed by atoms with Gasteiger partial charge in [0.2, 0.25) is 0 Å². The summed E-state index contributed by atoms with van der Waals surface area (Å²) >= 11 is 11.8. The van der Waals surface area contributed by atoms with Crippen molar-refractivity contribution in [1.82, 2.24) is 20.1 Å². The van der Waals surface area contributed by atoms with Gasteiger partial charge in [-0.05, 0) is 36.6 Å². The normalized spacial score (nSPS) is 18.6. The number of benzene rings is 1. The Kier molecular flexibility index (Phi) is 4.33. The van der Waals surface area contributed by atoms with Gasteiger partial charge in [0.25, 0.3) is 5.91 Å². The van der Waals surface area contributed by atoms with Crippen LogP contribution in [0.15, 0.2) is 24.5 Å². The van der Waals surface area contributed by atoms with E-state index in [0.717, 1.165) is 19.4 Å². The van der Waals surface area contributed by atoms with E-state index in [-0.39, 0.29) is 6.04 Å². The summed E-state index contributed by atoms with van der Waals surface area (Å²) in [6.45, 7) is 0.786. The highest BCUT2D eigenvalue weighted by Crippen LogP contribution is 2.26. The van der Waals surface area contributed by atoms with E-state index in [2.05, 4.69) is 15.4 Å². The van der Waals surface area contributed by atoms with E-state index in [0.29, 0.717) is 21.4 Å². The maximum atomic E-state index is 12.3. The number of halogens is 2. The molecular weight excluding hydrogens is 327 g/mol. The van der Waals surface area contributed by atoms with Crippen LogP contribution in [0.25, 0.3) is 0 Å². The van der Waals surface area contributed by atoms with E-state index >= 15 is 0 Å². The van der Waals surface area contributed by atoms with Gasteiger partial charge >= 0.3 is 0 Å². The molecule has 0 radical (unpaired) electrons. The molecule has 3 rings (SSSR count). The molecule has 0 spiro atoms. The van der Waals surface area contributed by atoms with Crippen LogP contribution >= 0.6 is 23.2 Å². The first-order chi connectivity index (χ1) is 10.5. The molecule has 0 fully saturated rings. The fourth-order valence-corrected chi connectivity index (χ4v) is 3.10. The molecule has 0 saturated heterocycles. The van der Waals surface area contributed by atoms with Crippen LogP contribution < -0.4 is 5.32 Å². The molecule has 1 aliphatic rings. The summed E-state index contributed by atoms with van der Waals surface area (Å²) in [5.74, 6) is 0.190. The minimum absolute atomic E-state index is 0.256. The summed E-state index contributed by atoms with van der Waals surface area (Å²) in [5, 5.41) is 17.8. The molecular formula is C14H14Cl2N4O2. The van der Waals surface area contributed by atoms with Gasteiger partial charge in [-0.15, -0.1) is 0 Å². The summed E-state index contributed by atoms with van der Waals surface area (Å²) in [7, 11) is 0. The zero-order valence-corrected chi connectivity index (χ0v) is 13.1. The molecule has 1 aromatic heterocycles. The van der Waals surface area contributed by atoms with Gasteiger partial charge in [-0.3, -0.25) is 4.79 Å². The maximum Gasteiger partial charge on any atom is 0.254 e. The quantitative estimate of drug-likeness (QED) is 0.898. The molecule has 2 unspecified atom stereocenters. The third-order valence-corrected chi connectivity index (χ3v) is 4.02. The third kappa shape index (κ3) is 3.09. The van der Waals surface area contributed by atoms with E-state index in [1.54, 1.807) is 10.7 Å². The zero-order chi connectivity index (χ0) is 15.7. The van der Waals surface area contributed by atoms with Gasteiger partial charge in [-0.2, -0.15) is 5.10 Å². The number of carbonyl (C=O) groups is 1. The van der Waals surface area contributed by atoms with Crippen molar-refractivity contribution in [3.8, 4) is 0 Å². The second kappa shape index (κ2) is 6.24. The van der Waals surface area contributed by atoms with E-state index in [1.807, 2.05) is 0 Å². The Morgan fingerprint density at radius 3 is 2.82 bits per heavy atom. The summed E-state index contributed by atoms with van der Waals surface area (Å²) in [6.07, 6.45) is 1.77. The lowest BCUT2D eigenvalue weighted by Gasteiger charge is -2.24. The minimum atomic E-state index is -1.34. The van der Waals surface area contributed by atoms with E-state index in [4.69, 9.17) is 23.2 Å². The lowest BCUT2D eigenvalue weighted by Crippen LogP contribution is -2.36. The first-order valence-electron chi connectivity index (χ1n) is 6.87. The van der Waals surface area contributed by atoms with Crippen LogP contribution in [0.5, 0.6) is 0 Å². The predicted octanol–water partition coefficient (Wildman–Crippen LogP) is 2.27. The summed E-state index contributed by atoms with van der Waals surface area (Å²) < 4.78 is 1.76. The Morgan fingerprint density at radius 1 is 1.36 bits per heavy atom. The Hall–Kier alpha value is -1.63. The van der Waals surface area contributed by atoms with Gasteiger partial charge in [0.05, 0.1) is 6.04 Å². The predicted molar refractivity (Wildman–Crippen MR) is 81.6 cm³/mol. The number of aliphatic hydroxyl groups is 1. The standard InChI is InChI=1S/C14H14Cl2N4O2/c15-9-4-8(5-10(16)6-9)12(21)14(22)19-11-2-1-3-20-13(11)17-7-18-20/h4-7,11-12,21H,1-3H2,(H,19,22). The van der Waals surface area contributed by atoms with Crippen molar-refractivity contribution in [1.29, 1.82) is 0 Å². The molecule has 1 amide bonds. The molecule has 0 saturated carbocycles. The molecule has 1 aromatic carbocycles. The highest BCUT2D eigenvalue weighted by Gasteiger charge is 2.27. The van der Waals surface area contributed by atoms with Crippen molar-refractivity contribution < 1.29 is 9.90 Å². The number of hydrogen-bond acceptors (Lipinski definition) is 4. The Morgan fingerprint density at radius 2 is 2.09 bits per heavy atom.